The molecule has 162 valence electrons. The van der Waals surface area contributed by atoms with Crippen molar-refractivity contribution in [1.29, 1.82) is 0 Å². The highest BCUT2D eigenvalue weighted by Crippen LogP contribution is 2.42. The molecule has 1 N–H and O–H groups in total. The number of nitrogens with one attached hydrogen (secondary N) is 1. The Morgan fingerprint density at radius 3 is 2.70 bits per heavy atom. The Hall–Kier alpha value is -2.44. The largest absolute Gasteiger partial charge is 0.494 e. The van der Waals surface area contributed by atoms with Crippen LogP contribution in [0.25, 0.3) is 0 Å². The van der Waals surface area contributed by atoms with E-state index in [1.54, 1.807) is 0 Å². The Morgan fingerprint density at radius 1 is 1.07 bits per heavy atom. The van der Waals surface area contributed by atoms with E-state index in [4.69, 9.17) is 18.9 Å². The van der Waals surface area contributed by atoms with Crippen molar-refractivity contribution in [1.82, 2.24) is 10.2 Å². The highest BCUT2D eigenvalue weighted by molar-refractivity contribution is 5.52. The number of rotatable bonds is 11. The molecule has 0 radical (unpaired) electrons. The highest BCUT2D eigenvalue weighted by Gasteiger charge is 2.22. The molecule has 6 nitrogen and oxygen atoms in total. The Bertz CT molecular complexity index is 790. The van der Waals surface area contributed by atoms with Crippen LogP contribution in [-0.2, 0) is 0 Å². The van der Waals surface area contributed by atoms with Crippen molar-refractivity contribution in [3.63, 3.8) is 0 Å². The molecular formula is C24H32N2O4. The van der Waals surface area contributed by atoms with Gasteiger partial charge in [0, 0.05) is 13.0 Å². The molecule has 1 fully saturated rings. The maximum Gasteiger partial charge on any atom is 0.231 e. The van der Waals surface area contributed by atoms with E-state index < -0.39 is 0 Å². The first kappa shape index (κ1) is 20.8. The molecule has 0 aromatic heterocycles. The van der Waals surface area contributed by atoms with Crippen LogP contribution in [0.2, 0.25) is 0 Å². The Morgan fingerprint density at radius 2 is 1.90 bits per heavy atom. The number of para-hydroxylation sites is 1. The summed E-state index contributed by atoms with van der Waals surface area (Å²) in [6.07, 6.45) is 4.50. The molecule has 2 aromatic rings. The third-order valence-electron chi connectivity index (χ3n) is 5.62. The first-order chi connectivity index (χ1) is 14.8. The molecule has 0 saturated carbocycles. The molecule has 6 heteroatoms. The number of fused-ring (bicyclic) bond motifs is 1. The van der Waals surface area contributed by atoms with Crippen molar-refractivity contribution in [2.24, 2.45) is 0 Å². The van der Waals surface area contributed by atoms with Gasteiger partial charge in [-0.25, -0.2) is 0 Å². The summed E-state index contributed by atoms with van der Waals surface area (Å²) in [6, 6.07) is 14.0. The fourth-order valence-corrected chi connectivity index (χ4v) is 3.98. The monoisotopic (exact) mass is 412 g/mol. The first-order valence-electron chi connectivity index (χ1n) is 11.0. The predicted octanol–water partition coefficient (Wildman–Crippen LogP) is 4.01. The normalized spacial score (nSPS) is 16.6. The second-order valence-electron chi connectivity index (χ2n) is 7.81. The molecule has 0 amide bonds. The first-order valence-corrected chi connectivity index (χ1v) is 11.0. The third-order valence-corrected chi connectivity index (χ3v) is 5.62. The van der Waals surface area contributed by atoms with Gasteiger partial charge in [0.25, 0.3) is 0 Å². The van der Waals surface area contributed by atoms with Crippen molar-refractivity contribution in [2.45, 2.75) is 31.8 Å². The van der Waals surface area contributed by atoms with Gasteiger partial charge in [-0.15, -0.1) is 0 Å². The van der Waals surface area contributed by atoms with Crippen LogP contribution in [0.1, 0.15) is 37.4 Å². The molecular weight excluding hydrogens is 380 g/mol. The summed E-state index contributed by atoms with van der Waals surface area (Å²) in [5.41, 5.74) is 1.12. The van der Waals surface area contributed by atoms with Crippen LogP contribution in [0, 0.1) is 0 Å². The van der Waals surface area contributed by atoms with Crippen molar-refractivity contribution in [3.05, 3.63) is 48.0 Å². The second-order valence-corrected chi connectivity index (χ2v) is 7.81. The van der Waals surface area contributed by atoms with Gasteiger partial charge in [-0.05, 0) is 75.8 Å². The molecule has 1 atom stereocenters. The van der Waals surface area contributed by atoms with Crippen LogP contribution in [0.4, 0.5) is 0 Å². The van der Waals surface area contributed by atoms with Crippen molar-refractivity contribution < 1.29 is 18.9 Å². The zero-order chi connectivity index (χ0) is 20.6. The highest BCUT2D eigenvalue weighted by atomic mass is 16.7. The Labute approximate surface area is 179 Å². The zero-order valence-corrected chi connectivity index (χ0v) is 17.8. The van der Waals surface area contributed by atoms with Crippen LogP contribution in [0.15, 0.2) is 42.5 Å². The minimum Gasteiger partial charge on any atom is -0.494 e. The van der Waals surface area contributed by atoms with E-state index in [1.165, 1.54) is 25.9 Å². The number of hydrogen-bond donors (Lipinski definition) is 1. The van der Waals surface area contributed by atoms with Crippen molar-refractivity contribution >= 4 is 0 Å². The Kier molecular flexibility index (Phi) is 7.32. The van der Waals surface area contributed by atoms with Crippen molar-refractivity contribution in [3.8, 4) is 23.0 Å². The molecule has 4 rings (SSSR count). The summed E-state index contributed by atoms with van der Waals surface area (Å²) < 4.78 is 23.4. The molecule has 2 aliphatic heterocycles. The van der Waals surface area contributed by atoms with Crippen LogP contribution in [0.3, 0.4) is 0 Å². The lowest BCUT2D eigenvalue weighted by atomic mass is 10.1. The number of ether oxygens (including phenoxy) is 4. The van der Waals surface area contributed by atoms with E-state index in [2.05, 4.69) is 22.3 Å². The third kappa shape index (κ3) is 5.37. The number of nitrogens with zero attached hydrogens (tertiary/aromatic N) is 1. The van der Waals surface area contributed by atoms with Gasteiger partial charge in [-0.1, -0.05) is 18.2 Å². The molecule has 0 aliphatic carbocycles. The summed E-state index contributed by atoms with van der Waals surface area (Å²) in [5, 5.41) is 3.21. The van der Waals surface area contributed by atoms with E-state index >= 15 is 0 Å². The smallest absolute Gasteiger partial charge is 0.231 e. The van der Waals surface area contributed by atoms with Gasteiger partial charge in [0.2, 0.25) is 12.5 Å². The van der Waals surface area contributed by atoms with E-state index in [0.717, 1.165) is 49.6 Å². The van der Waals surface area contributed by atoms with Gasteiger partial charge in [0.05, 0.1) is 6.61 Å². The fourth-order valence-electron chi connectivity index (χ4n) is 3.98. The lowest BCUT2D eigenvalue weighted by molar-refractivity contribution is 0.158. The second kappa shape index (κ2) is 10.5. The maximum absolute atomic E-state index is 6.35. The lowest BCUT2D eigenvalue weighted by Gasteiger charge is -2.21. The van der Waals surface area contributed by atoms with Crippen LogP contribution in [-0.4, -0.2) is 51.5 Å². The van der Waals surface area contributed by atoms with Crippen LogP contribution in [0.5, 0.6) is 23.0 Å². The molecule has 2 aliphatic rings. The topological polar surface area (TPSA) is 52.2 Å². The predicted molar refractivity (Wildman–Crippen MR) is 117 cm³/mol. The van der Waals surface area contributed by atoms with Crippen LogP contribution < -0.4 is 24.3 Å². The molecule has 1 saturated heterocycles. The van der Waals surface area contributed by atoms with Gasteiger partial charge in [0.1, 0.15) is 11.9 Å². The SMILES string of the molecule is CNCCC(Oc1cccc2c1OCO2)c1ccc(OCCCN2CCCC2)cc1. The van der Waals surface area contributed by atoms with E-state index in [9.17, 15) is 0 Å². The summed E-state index contributed by atoms with van der Waals surface area (Å²) in [6.45, 7) is 5.45. The molecule has 30 heavy (non-hydrogen) atoms. The minimum atomic E-state index is -0.0858. The average Bonchev–Trinajstić information content (AvgIpc) is 3.47. The van der Waals surface area contributed by atoms with Gasteiger partial charge in [-0.3, -0.25) is 0 Å². The number of hydrogen-bond acceptors (Lipinski definition) is 6. The van der Waals surface area contributed by atoms with E-state index in [0.29, 0.717) is 11.5 Å². The fraction of sp³-hybridized carbons (Fsp3) is 0.500. The summed E-state index contributed by atoms with van der Waals surface area (Å²) in [4.78, 5) is 2.52. The quantitative estimate of drug-likeness (QED) is 0.563. The average molecular weight is 413 g/mol. The van der Waals surface area contributed by atoms with Gasteiger partial charge in [-0.2, -0.15) is 0 Å². The number of benzene rings is 2. The summed E-state index contributed by atoms with van der Waals surface area (Å²) >= 11 is 0. The van der Waals surface area contributed by atoms with Gasteiger partial charge < -0.3 is 29.2 Å². The molecule has 2 aromatic carbocycles. The molecule has 0 spiro atoms. The van der Waals surface area contributed by atoms with Crippen LogP contribution >= 0.6 is 0 Å². The lowest BCUT2D eigenvalue weighted by Crippen LogP contribution is -2.21. The number of likely N-dealkylation sites (tertiary alicyclic amines) is 1. The maximum atomic E-state index is 6.35. The van der Waals surface area contributed by atoms with E-state index in [-0.39, 0.29) is 12.9 Å². The Balaban J connectivity index is 1.34. The molecule has 0 bridgehead atoms. The molecule has 1 unspecified atom stereocenters. The summed E-state index contributed by atoms with van der Waals surface area (Å²) in [5.74, 6) is 3.04. The molecule has 2 heterocycles. The summed E-state index contributed by atoms with van der Waals surface area (Å²) in [7, 11) is 1.95. The van der Waals surface area contributed by atoms with Crippen molar-refractivity contribution in [2.75, 3.05) is 46.6 Å². The van der Waals surface area contributed by atoms with Gasteiger partial charge >= 0.3 is 0 Å². The van der Waals surface area contributed by atoms with Gasteiger partial charge in [0.15, 0.2) is 11.5 Å². The standard InChI is InChI=1S/C24H32N2O4/c1-25-13-12-21(30-23-7-4-6-22-24(23)29-18-28-22)19-8-10-20(11-9-19)27-17-5-16-26-14-2-3-15-26/h4,6-11,21,25H,2-3,5,12-18H2,1H3. The zero-order valence-electron chi connectivity index (χ0n) is 17.8. The van der Waals surface area contributed by atoms with E-state index in [1.807, 2.05) is 37.4 Å². The minimum absolute atomic E-state index is 0.0858.